The van der Waals surface area contributed by atoms with Gasteiger partial charge in [-0.1, -0.05) is 24.3 Å². The number of hydrogen-bond acceptors (Lipinski definition) is 2. The Morgan fingerprint density at radius 1 is 1.00 bits per heavy atom. The van der Waals surface area contributed by atoms with Crippen molar-refractivity contribution in [3.05, 3.63) is 69.1 Å². The highest BCUT2D eigenvalue weighted by atomic mass is 32.1. The standard InChI is InChI=1S/C14H11NOS/c16-14-8-7-11-4-1-2-6-13(11)15(14)10-12-5-3-9-17-12/h1-9H,10H2. The van der Waals surface area contributed by atoms with Gasteiger partial charge in [-0.05, 0) is 29.0 Å². The Hall–Kier alpha value is -1.87. The second-order valence-electron chi connectivity index (χ2n) is 3.90. The Kier molecular flexibility index (Phi) is 2.53. The Labute approximate surface area is 103 Å². The van der Waals surface area contributed by atoms with Crippen molar-refractivity contribution in [1.29, 1.82) is 0 Å². The van der Waals surface area contributed by atoms with Crippen molar-refractivity contribution in [2.45, 2.75) is 6.54 Å². The van der Waals surface area contributed by atoms with Gasteiger partial charge in [-0.15, -0.1) is 11.3 Å². The maximum Gasteiger partial charge on any atom is 0.251 e. The van der Waals surface area contributed by atoms with Crippen molar-refractivity contribution >= 4 is 22.2 Å². The monoisotopic (exact) mass is 241 g/mol. The molecular weight excluding hydrogens is 230 g/mol. The third-order valence-corrected chi connectivity index (χ3v) is 3.65. The van der Waals surface area contributed by atoms with Crippen LogP contribution in [0.1, 0.15) is 4.88 Å². The SMILES string of the molecule is O=c1ccc2ccccc2n1Cc1cccs1. The molecule has 3 heteroatoms. The number of fused-ring (bicyclic) bond motifs is 1. The van der Waals surface area contributed by atoms with E-state index in [9.17, 15) is 4.79 Å². The minimum atomic E-state index is 0.0529. The van der Waals surface area contributed by atoms with Crippen LogP contribution in [-0.2, 0) is 6.54 Å². The van der Waals surface area contributed by atoms with E-state index in [4.69, 9.17) is 0 Å². The van der Waals surface area contributed by atoms with E-state index in [0.717, 1.165) is 10.9 Å². The largest absolute Gasteiger partial charge is 0.303 e. The molecule has 0 unspecified atom stereocenters. The molecule has 2 nitrogen and oxygen atoms in total. The molecule has 0 N–H and O–H groups in total. The van der Waals surface area contributed by atoms with Crippen LogP contribution in [0.2, 0.25) is 0 Å². The van der Waals surface area contributed by atoms with E-state index in [0.29, 0.717) is 6.54 Å². The summed E-state index contributed by atoms with van der Waals surface area (Å²) in [4.78, 5) is 13.1. The predicted molar refractivity (Wildman–Crippen MR) is 71.6 cm³/mol. The van der Waals surface area contributed by atoms with Gasteiger partial charge in [0.05, 0.1) is 12.1 Å². The number of benzene rings is 1. The molecule has 0 aliphatic carbocycles. The number of hydrogen-bond donors (Lipinski definition) is 0. The lowest BCUT2D eigenvalue weighted by molar-refractivity contribution is 0.807. The summed E-state index contributed by atoms with van der Waals surface area (Å²) in [6.45, 7) is 0.651. The average molecular weight is 241 g/mol. The zero-order valence-corrected chi connectivity index (χ0v) is 9.98. The summed E-state index contributed by atoms with van der Waals surface area (Å²) in [5.74, 6) is 0. The van der Waals surface area contributed by atoms with E-state index in [1.807, 2.05) is 46.3 Å². The first-order valence-electron chi connectivity index (χ1n) is 5.45. The number of pyridine rings is 1. The molecule has 1 aromatic carbocycles. The lowest BCUT2D eigenvalue weighted by atomic mass is 10.2. The van der Waals surface area contributed by atoms with E-state index in [1.54, 1.807) is 17.4 Å². The van der Waals surface area contributed by atoms with Crippen LogP contribution < -0.4 is 5.56 Å². The Bertz CT molecular complexity index is 698. The van der Waals surface area contributed by atoms with Crippen molar-refractivity contribution < 1.29 is 0 Å². The van der Waals surface area contributed by atoms with Crippen LogP contribution in [0.15, 0.2) is 58.7 Å². The van der Waals surface area contributed by atoms with E-state index < -0.39 is 0 Å². The molecule has 3 rings (SSSR count). The third-order valence-electron chi connectivity index (χ3n) is 2.79. The van der Waals surface area contributed by atoms with Crippen molar-refractivity contribution in [3.63, 3.8) is 0 Å². The molecule has 0 spiro atoms. The quantitative estimate of drug-likeness (QED) is 0.675. The maximum absolute atomic E-state index is 11.9. The molecule has 0 amide bonds. The Morgan fingerprint density at radius 3 is 2.71 bits per heavy atom. The fourth-order valence-electron chi connectivity index (χ4n) is 1.97. The van der Waals surface area contributed by atoms with E-state index >= 15 is 0 Å². The molecule has 3 aromatic rings. The minimum Gasteiger partial charge on any atom is -0.303 e. The summed E-state index contributed by atoms with van der Waals surface area (Å²) in [5, 5.41) is 3.13. The topological polar surface area (TPSA) is 22.0 Å². The molecule has 2 heterocycles. The third kappa shape index (κ3) is 1.89. The van der Waals surface area contributed by atoms with Crippen LogP contribution in [0.25, 0.3) is 10.9 Å². The highest BCUT2D eigenvalue weighted by Gasteiger charge is 2.03. The van der Waals surface area contributed by atoms with Crippen LogP contribution in [0, 0.1) is 0 Å². The highest BCUT2D eigenvalue weighted by molar-refractivity contribution is 7.09. The number of nitrogens with zero attached hydrogens (tertiary/aromatic N) is 1. The molecular formula is C14H11NOS. The summed E-state index contributed by atoms with van der Waals surface area (Å²) in [7, 11) is 0. The van der Waals surface area contributed by atoms with Gasteiger partial charge in [0.25, 0.3) is 5.56 Å². The van der Waals surface area contributed by atoms with Crippen LogP contribution in [0.4, 0.5) is 0 Å². The smallest absolute Gasteiger partial charge is 0.251 e. The van der Waals surface area contributed by atoms with Crippen molar-refractivity contribution in [2.75, 3.05) is 0 Å². The van der Waals surface area contributed by atoms with E-state index in [-0.39, 0.29) is 5.56 Å². The number of para-hydroxylation sites is 1. The summed E-state index contributed by atoms with van der Waals surface area (Å²) in [5.41, 5.74) is 1.05. The molecule has 17 heavy (non-hydrogen) atoms. The van der Waals surface area contributed by atoms with Crippen molar-refractivity contribution in [2.24, 2.45) is 0 Å². The molecule has 0 saturated heterocycles. The van der Waals surface area contributed by atoms with Gasteiger partial charge in [-0.25, -0.2) is 0 Å². The molecule has 0 saturated carbocycles. The van der Waals surface area contributed by atoms with Crippen molar-refractivity contribution in [3.8, 4) is 0 Å². The van der Waals surface area contributed by atoms with Crippen LogP contribution in [0.5, 0.6) is 0 Å². The summed E-state index contributed by atoms with van der Waals surface area (Å²) in [6.07, 6.45) is 0. The second-order valence-corrected chi connectivity index (χ2v) is 4.93. The van der Waals surface area contributed by atoms with Gasteiger partial charge in [0.15, 0.2) is 0 Å². The number of thiophene rings is 1. The van der Waals surface area contributed by atoms with Gasteiger partial charge in [0, 0.05) is 10.9 Å². The predicted octanol–water partition coefficient (Wildman–Crippen LogP) is 3.11. The molecule has 0 bridgehead atoms. The van der Waals surface area contributed by atoms with Crippen molar-refractivity contribution in [1.82, 2.24) is 4.57 Å². The van der Waals surface area contributed by atoms with Gasteiger partial charge >= 0.3 is 0 Å². The molecule has 0 aliphatic heterocycles. The molecule has 0 atom stereocenters. The average Bonchev–Trinajstić information content (AvgIpc) is 2.86. The maximum atomic E-state index is 11.9. The first-order valence-corrected chi connectivity index (χ1v) is 6.33. The van der Waals surface area contributed by atoms with Gasteiger partial charge in [0.1, 0.15) is 0 Å². The zero-order chi connectivity index (χ0) is 11.7. The van der Waals surface area contributed by atoms with E-state index in [2.05, 4.69) is 6.07 Å². The van der Waals surface area contributed by atoms with Crippen LogP contribution >= 0.6 is 11.3 Å². The zero-order valence-electron chi connectivity index (χ0n) is 9.17. The van der Waals surface area contributed by atoms with Crippen LogP contribution in [0.3, 0.4) is 0 Å². The fraction of sp³-hybridized carbons (Fsp3) is 0.0714. The first-order chi connectivity index (χ1) is 8.34. The highest BCUT2D eigenvalue weighted by Crippen LogP contribution is 2.15. The molecule has 2 aromatic heterocycles. The molecule has 84 valence electrons. The van der Waals surface area contributed by atoms with Crippen LogP contribution in [-0.4, -0.2) is 4.57 Å². The minimum absolute atomic E-state index is 0.0529. The molecule has 0 aliphatic rings. The Morgan fingerprint density at radius 2 is 1.88 bits per heavy atom. The van der Waals surface area contributed by atoms with Gasteiger partial charge < -0.3 is 4.57 Å². The summed E-state index contributed by atoms with van der Waals surface area (Å²) >= 11 is 1.68. The van der Waals surface area contributed by atoms with Gasteiger partial charge in [0.2, 0.25) is 0 Å². The lowest BCUT2D eigenvalue weighted by Gasteiger charge is -2.08. The van der Waals surface area contributed by atoms with Gasteiger partial charge in [-0.3, -0.25) is 4.79 Å². The lowest BCUT2D eigenvalue weighted by Crippen LogP contribution is -2.19. The molecule has 0 fully saturated rings. The molecule has 0 radical (unpaired) electrons. The number of rotatable bonds is 2. The van der Waals surface area contributed by atoms with Gasteiger partial charge in [-0.2, -0.15) is 0 Å². The number of aromatic nitrogens is 1. The summed E-state index contributed by atoms with van der Waals surface area (Å²) < 4.78 is 1.82. The van der Waals surface area contributed by atoms with E-state index in [1.165, 1.54) is 4.88 Å². The fourth-order valence-corrected chi connectivity index (χ4v) is 2.66. The Balaban J connectivity index is 2.20. The second kappa shape index (κ2) is 4.18. The first kappa shape index (κ1) is 10.3. The normalized spacial score (nSPS) is 10.8. The summed E-state index contributed by atoms with van der Waals surface area (Å²) in [6, 6.07) is 15.5.